The lowest BCUT2D eigenvalue weighted by Gasteiger charge is -2.12. The van der Waals surface area contributed by atoms with Crippen molar-refractivity contribution in [3.05, 3.63) is 47.9 Å². The molecule has 2 heterocycles. The van der Waals surface area contributed by atoms with Crippen LogP contribution in [0.5, 0.6) is 0 Å². The highest BCUT2D eigenvalue weighted by Gasteiger charge is 2.14. The first-order valence-corrected chi connectivity index (χ1v) is 4.79. The SMILES string of the molecule is CNC(c1ccoc1)c1cnc(C)cn1. The Bertz CT molecular complexity index is 408. The molecule has 0 spiro atoms. The van der Waals surface area contributed by atoms with Gasteiger partial charge in [0, 0.05) is 11.8 Å². The van der Waals surface area contributed by atoms with Crippen LogP contribution < -0.4 is 5.32 Å². The standard InChI is InChI=1S/C11H13N3O/c1-8-5-14-10(6-13-8)11(12-2)9-3-4-15-7-9/h3-7,11-12H,1-2H3. The molecule has 0 fully saturated rings. The molecule has 78 valence electrons. The van der Waals surface area contributed by atoms with E-state index in [0.29, 0.717) is 0 Å². The summed E-state index contributed by atoms with van der Waals surface area (Å²) in [6.45, 7) is 1.92. The number of nitrogens with zero attached hydrogens (tertiary/aromatic N) is 2. The number of aromatic nitrogens is 2. The van der Waals surface area contributed by atoms with Crippen molar-refractivity contribution in [2.45, 2.75) is 13.0 Å². The summed E-state index contributed by atoms with van der Waals surface area (Å²) < 4.78 is 5.05. The fourth-order valence-corrected chi connectivity index (χ4v) is 1.48. The summed E-state index contributed by atoms with van der Waals surface area (Å²) in [6.07, 6.45) is 6.91. The van der Waals surface area contributed by atoms with E-state index in [1.807, 2.05) is 20.0 Å². The fourth-order valence-electron chi connectivity index (χ4n) is 1.48. The molecule has 0 aliphatic heterocycles. The minimum atomic E-state index is 0.0387. The van der Waals surface area contributed by atoms with E-state index in [9.17, 15) is 0 Å². The lowest BCUT2D eigenvalue weighted by Crippen LogP contribution is -2.18. The first kappa shape index (κ1) is 9.86. The first-order valence-electron chi connectivity index (χ1n) is 4.79. The molecule has 2 rings (SSSR count). The Kier molecular flexibility index (Phi) is 2.78. The van der Waals surface area contributed by atoms with Crippen LogP contribution in [0.4, 0.5) is 0 Å². The van der Waals surface area contributed by atoms with E-state index in [4.69, 9.17) is 4.42 Å². The number of hydrogen-bond acceptors (Lipinski definition) is 4. The van der Waals surface area contributed by atoms with Crippen molar-refractivity contribution < 1.29 is 4.42 Å². The van der Waals surface area contributed by atoms with Gasteiger partial charge in [-0.25, -0.2) is 0 Å². The van der Waals surface area contributed by atoms with Crippen molar-refractivity contribution >= 4 is 0 Å². The molecule has 0 radical (unpaired) electrons. The van der Waals surface area contributed by atoms with Gasteiger partial charge in [-0.2, -0.15) is 0 Å². The summed E-state index contributed by atoms with van der Waals surface area (Å²) in [4.78, 5) is 8.56. The molecule has 2 aromatic heterocycles. The van der Waals surface area contributed by atoms with Crippen molar-refractivity contribution in [1.82, 2.24) is 15.3 Å². The molecule has 2 aromatic rings. The zero-order chi connectivity index (χ0) is 10.7. The van der Waals surface area contributed by atoms with Gasteiger partial charge in [0.05, 0.1) is 36.2 Å². The molecular weight excluding hydrogens is 190 g/mol. The van der Waals surface area contributed by atoms with Gasteiger partial charge in [0.25, 0.3) is 0 Å². The van der Waals surface area contributed by atoms with Crippen molar-refractivity contribution in [2.24, 2.45) is 0 Å². The molecule has 1 N–H and O–H groups in total. The maximum Gasteiger partial charge on any atom is 0.0954 e. The molecule has 0 aromatic carbocycles. The van der Waals surface area contributed by atoms with Crippen LogP contribution in [0.15, 0.2) is 35.4 Å². The van der Waals surface area contributed by atoms with Crippen LogP contribution in [0.25, 0.3) is 0 Å². The molecule has 4 nitrogen and oxygen atoms in total. The van der Waals surface area contributed by atoms with E-state index in [1.165, 1.54) is 0 Å². The zero-order valence-electron chi connectivity index (χ0n) is 8.77. The van der Waals surface area contributed by atoms with Crippen LogP contribution in [0.2, 0.25) is 0 Å². The zero-order valence-corrected chi connectivity index (χ0v) is 8.77. The second-order valence-electron chi connectivity index (χ2n) is 3.36. The Morgan fingerprint density at radius 3 is 2.73 bits per heavy atom. The molecule has 0 aliphatic rings. The van der Waals surface area contributed by atoms with E-state index in [2.05, 4.69) is 15.3 Å². The molecule has 0 bridgehead atoms. The monoisotopic (exact) mass is 203 g/mol. The average Bonchev–Trinajstić information content (AvgIpc) is 2.75. The molecule has 1 unspecified atom stereocenters. The Hall–Kier alpha value is -1.68. The van der Waals surface area contributed by atoms with Gasteiger partial charge in [-0.3, -0.25) is 9.97 Å². The highest BCUT2D eigenvalue weighted by molar-refractivity contribution is 5.22. The largest absolute Gasteiger partial charge is 0.472 e. The van der Waals surface area contributed by atoms with Gasteiger partial charge in [-0.05, 0) is 20.0 Å². The summed E-state index contributed by atoms with van der Waals surface area (Å²) in [7, 11) is 1.89. The van der Waals surface area contributed by atoms with Gasteiger partial charge in [0.2, 0.25) is 0 Å². The second kappa shape index (κ2) is 4.23. The highest BCUT2D eigenvalue weighted by atomic mass is 16.3. The van der Waals surface area contributed by atoms with Crippen LogP contribution in [-0.4, -0.2) is 17.0 Å². The number of nitrogens with one attached hydrogen (secondary N) is 1. The summed E-state index contributed by atoms with van der Waals surface area (Å²) in [5, 5.41) is 3.18. The lowest BCUT2D eigenvalue weighted by molar-refractivity contribution is 0.556. The molecule has 0 saturated carbocycles. The molecule has 4 heteroatoms. The Morgan fingerprint density at radius 2 is 2.20 bits per heavy atom. The van der Waals surface area contributed by atoms with E-state index in [1.54, 1.807) is 24.9 Å². The van der Waals surface area contributed by atoms with Crippen LogP contribution in [0.1, 0.15) is 23.0 Å². The number of furan rings is 1. The second-order valence-corrected chi connectivity index (χ2v) is 3.36. The Morgan fingerprint density at radius 1 is 1.33 bits per heavy atom. The normalized spacial score (nSPS) is 12.7. The third-order valence-electron chi connectivity index (χ3n) is 2.26. The molecular formula is C11H13N3O. The van der Waals surface area contributed by atoms with Crippen molar-refractivity contribution in [3.63, 3.8) is 0 Å². The lowest BCUT2D eigenvalue weighted by atomic mass is 10.1. The predicted molar refractivity (Wildman–Crippen MR) is 56.4 cm³/mol. The molecule has 0 saturated heterocycles. The predicted octanol–water partition coefficient (Wildman–Crippen LogP) is 1.69. The number of rotatable bonds is 3. The van der Waals surface area contributed by atoms with Gasteiger partial charge in [0.15, 0.2) is 0 Å². The van der Waals surface area contributed by atoms with Gasteiger partial charge in [0.1, 0.15) is 0 Å². The summed E-state index contributed by atoms with van der Waals surface area (Å²) >= 11 is 0. The van der Waals surface area contributed by atoms with Gasteiger partial charge in [-0.1, -0.05) is 0 Å². The van der Waals surface area contributed by atoms with Crippen LogP contribution in [0, 0.1) is 6.92 Å². The van der Waals surface area contributed by atoms with Crippen molar-refractivity contribution in [3.8, 4) is 0 Å². The van der Waals surface area contributed by atoms with Crippen LogP contribution in [-0.2, 0) is 0 Å². The minimum absolute atomic E-state index is 0.0387. The van der Waals surface area contributed by atoms with Gasteiger partial charge >= 0.3 is 0 Å². The Labute approximate surface area is 88.4 Å². The fraction of sp³-hybridized carbons (Fsp3) is 0.273. The molecule has 0 amide bonds. The molecule has 15 heavy (non-hydrogen) atoms. The van der Waals surface area contributed by atoms with Crippen molar-refractivity contribution in [1.29, 1.82) is 0 Å². The van der Waals surface area contributed by atoms with Gasteiger partial charge < -0.3 is 9.73 Å². The van der Waals surface area contributed by atoms with Crippen LogP contribution >= 0.6 is 0 Å². The molecule has 1 atom stereocenters. The van der Waals surface area contributed by atoms with E-state index in [-0.39, 0.29) is 6.04 Å². The van der Waals surface area contributed by atoms with E-state index >= 15 is 0 Å². The van der Waals surface area contributed by atoms with Crippen molar-refractivity contribution in [2.75, 3.05) is 7.05 Å². The smallest absolute Gasteiger partial charge is 0.0954 e. The third kappa shape index (κ3) is 2.05. The third-order valence-corrected chi connectivity index (χ3v) is 2.26. The first-order chi connectivity index (χ1) is 7.31. The number of hydrogen-bond donors (Lipinski definition) is 1. The topological polar surface area (TPSA) is 51.0 Å². The number of aryl methyl sites for hydroxylation is 1. The van der Waals surface area contributed by atoms with E-state index < -0.39 is 0 Å². The van der Waals surface area contributed by atoms with E-state index in [0.717, 1.165) is 17.0 Å². The average molecular weight is 203 g/mol. The maximum atomic E-state index is 5.05. The minimum Gasteiger partial charge on any atom is -0.472 e. The maximum absolute atomic E-state index is 5.05. The van der Waals surface area contributed by atoms with Gasteiger partial charge in [-0.15, -0.1) is 0 Å². The summed E-state index contributed by atoms with van der Waals surface area (Å²) in [5.74, 6) is 0. The quantitative estimate of drug-likeness (QED) is 0.824. The van der Waals surface area contributed by atoms with Crippen LogP contribution in [0.3, 0.4) is 0 Å². The Balaban J connectivity index is 2.31. The molecule has 0 aliphatic carbocycles. The summed E-state index contributed by atoms with van der Waals surface area (Å²) in [5.41, 5.74) is 2.86. The summed E-state index contributed by atoms with van der Waals surface area (Å²) in [6, 6.07) is 1.96. The highest BCUT2D eigenvalue weighted by Crippen LogP contribution is 2.19.